The van der Waals surface area contributed by atoms with E-state index in [4.69, 9.17) is 9.05 Å². The highest BCUT2D eigenvalue weighted by atomic mass is 31.2. The normalized spacial score (nSPS) is 17.4. The molecular formula is C23H48NO4P. The molecule has 0 aromatic heterocycles. The van der Waals surface area contributed by atoms with Crippen LogP contribution < -0.4 is 0 Å². The zero-order valence-electron chi connectivity index (χ0n) is 19.1. The van der Waals surface area contributed by atoms with Gasteiger partial charge in [0.1, 0.15) is 0 Å². The van der Waals surface area contributed by atoms with Gasteiger partial charge in [0.2, 0.25) is 0 Å². The van der Waals surface area contributed by atoms with E-state index in [2.05, 4.69) is 11.8 Å². The average molecular weight is 434 g/mol. The molecule has 1 saturated heterocycles. The fraction of sp³-hybridized carbons (Fsp3) is 1.00. The molecule has 0 amide bonds. The van der Waals surface area contributed by atoms with Crippen LogP contribution in [0.3, 0.4) is 0 Å². The van der Waals surface area contributed by atoms with Gasteiger partial charge in [-0.3, -0.25) is 9.05 Å². The molecule has 1 aliphatic heterocycles. The van der Waals surface area contributed by atoms with Crippen LogP contribution in [0.15, 0.2) is 0 Å². The van der Waals surface area contributed by atoms with Crippen molar-refractivity contribution < 1.29 is 18.5 Å². The molecule has 29 heavy (non-hydrogen) atoms. The molecule has 0 aromatic rings. The number of hydrogen-bond donors (Lipinski definition) is 1. The Kier molecular flexibility index (Phi) is 17.6. The van der Waals surface area contributed by atoms with E-state index in [1.54, 1.807) is 0 Å². The van der Waals surface area contributed by atoms with Gasteiger partial charge in [-0.15, -0.1) is 0 Å². The van der Waals surface area contributed by atoms with Crippen LogP contribution in [0.5, 0.6) is 0 Å². The van der Waals surface area contributed by atoms with E-state index in [1.165, 1.54) is 96.3 Å². The fourth-order valence-electron chi connectivity index (χ4n) is 3.98. The minimum Gasteiger partial charge on any atom is -0.302 e. The van der Waals surface area contributed by atoms with E-state index in [9.17, 15) is 9.46 Å². The first-order valence-corrected chi connectivity index (χ1v) is 14.0. The molecule has 1 fully saturated rings. The van der Waals surface area contributed by atoms with Gasteiger partial charge < -0.3 is 9.79 Å². The van der Waals surface area contributed by atoms with Crippen LogP contribution in [0.4, 0.5) is 0 Å². The molecule has 0 aliphatic carbocycles. The monoisotopic (exact) mass is 433 g/mol. The van der Waals surface area contributed by atoms with Crippen LogP contribution in [-0.2, 0) is 13.6 Å². The third kappa shape index (κ3) is 17.4. The van der Waals surface area contributed by atoms with Gasteiger partial charge in [0.05, 0.1) is 13.2 Å². The summed E-state index contributed by atoms with van der Waals surface area (Å²) in [6.07, 6.45) is 21.9. The number of hydrogen-bond acceptors (Lipinski definition) is 4. The lowest BCUT2D eigenvalue weighted by Crippen LogP contribution is -2.32. The molecule has 0 spiro atoms. The minimum atomic E-state index is -3.87. The summed E-state index contributed by atoms with van der Waals surface area (Å²) in [4.78, 5) is 12.0. The first-order chi connectivity index (χ1) is 14.1. The lowest BCUT2D eigenvalue weighted by Gasteiger charge is -2.26. The summed E-state index contributed by atoms with van der Waals surface area (Å²) < 4.78 is 22.1. The second-order valence-corrected chi connectivity index (χ2v) is 10.1. The third-order valence-corrected chi connectivity index (χ3v) is 6.88. The van der Waals surface area contributed by atoms with Crippen molar-refractivity contribution in [3.8, 4) is 0 Å². The van der Waals surface area contributed by atoms with E-state index < -0.39 is 7.82 Å². The van der Waals surface area contributed by atoms with Crippen molar-refractivity contribution in [3.63, 3.8) is 0 Å². The maximum Gasteiger partial charge on any atom is 0.472 e. The van der Waals surface area contributed by atoms with Crippen LogP contribution in [0.2, 0.25) is 0 Å². The standard InChI is InChI=1S/C23H48NO4P/c1-2-3-4-5-6-7-8-9-10-11-12-13-14-18-22-27-29(25,26)28-23-21-24-19-16-15-17-20-24/h2-23H2,1H3,(H,25,26). The Hall–Kier alpha value is 0.0700. The van der Waals surface area contributed by atoms with Crippen molar-refractivity contribution in [2.45, 2.75) is 116 Å². The Morgan fingerprint density at radius 1 is 0.690 bits per heavy atom. The van der Waals surface area contributed by atoms with Crippen molar-refractivity contribution in [3.05, 3.63) is 0 Å². The van der Waals surface area contributed by atoms with Gasteiger partial charge in [-0.05, 0) is 32.4 Å². The molecule has 1 rings (SSSR count). The Bertz CT molecular complexity index is 402. The number of likely N-dealkylation sites (tertiary alicyclic amines) is 1. The zero-order chi connectivity index (χ0) is 21.0. The van der Waals surface area contributed by atoms with Gasteiger partial charge in [0.15, 0.2) is 0 Å². The summed E-state index contributed by atoms with van der Waals surface area (Å²) in [5.41, 5.74) is 0. The van der Waals surface area contributed by atoms with Crippen LogP contribution in [-0.4, -0.2) is 42.6 Å². The molecule has 1 atom stereocenters. The summed E-state index contributed by atoms with van der Waals surface area (Å²) in [5, 5.41) is 0. The predicted octanol–water partition coefficient (Wildman–Crippen LogP) is 7.09. The molecular weight excluding hydrogens is 385 g/mol. The van der Waals surface area contributed by atoms with E-state index in [0.717, 1.165) is 25.9 Å². The SMILES string of the molecule is CCCCCCCCCCCCCCCCOP(=O)(O)OCCN1CCCCC1. The van der Waals surface area contributed by atoms with E-state index in [1.807, 2.05) is 0 Å². The highest BCUT2D eigenvalue weighted by molar-refractivity contribution is 7.47. The maximum atomic E-state index is 11.9. The summed E-state index contributed by atoms with van der Waals surface area (Å²) in [5.74, 6) is 0. The highest BCUT2D eigenvalue weighted by Crippen LogP contribution is 2.43. The molecule has 1 heterocycles. The Morgan fingerprint density at radius 2 is 1.14 bits per heavy atom. The van der Waals surface area contributed by atoms with Crippen molar-refractivity contribution in [1.29, 1.82) is 0 Å². The fourth-order valence-corrected chi connectivity index (χ4v) is 4.73. The molecule has 6 heteroatoms. The van der Waals surface area contributed by atoms with Crippen LogP contribution in [0.25, 0.3) is 0 Å². The number of phosphoric acid groups is 1. The molecule has 0 aromatic carbocycles. The van der Waals surface area contributed by atoms with Gasteiger partial charge >= 0.3 is 7.82 Å². The molecule has 5 nitrogen and oxygen atoms in total. The number of phosphoric ester groups is 1. The minimum absolute atomic E-state index is 0.270. The number of rotatable bonds is 20. The Balaban J connectivity index is 1.80. The van der Waals surface area contributed by atoms with Gasteiger partial charge in [-0.2, -0.15) is 0 Å². The van der Waals surface area contributed by atoms with Crippen LogP contribution in [0, 0.1) is 0 Å². The quantitative estimate of drug-likeness (QED) is 0.164. The Labute approximate surface area is 180 Å². The van der Waals surface area contributed by atoms with Gasteiger partial charge in [0.25, 0.3) is 0 Å². The largest absolute Gasteiger partial charge is 0.472 e. The van der Waals surface area contributed by atoms with Crippen molar-refractivity contribution >= 4 is 7.82 Å². The molecule has 1 unspecified atom stereocenters. The van der Waals surface area contributed by atoms with E-state index >= 15 is 0 Å². The first kappa shape index (κ1) is 27.1. The molecule has 0 radical (unpaired) electrons. The lowest BCUT2D eigenvalue weighted by atomic mass is 10.0. The molecule has 174 valence electrons. The van der Waals surface area contributed by atoms with E-state index in [-0.39, 0.29) is 6.61 Å². The average Bonchev–Trinajstić information content (AvgIpc) is 2.71. The van der Waals surface area contributed by atoms with Gasteiger partial charge in [-0.25, -0.2) is 4.57 Å². The summed E-state index contributed by atoms with van der Waals surface area (Å²) in [7, 11) is -3.87. The summed E-state index contributed by atoms with van der Waals surface area (Å²) in [6.45, 7) is 5.71. The zero-order valence-corrected chi connectivity index (χ0v) is 20.0. The second kappa shape index (κ2) is 18.8. The Morgan fingerprint density at radius 3 is 1.66 bits per heavy atom. The number of piperidine rings is 1. The van der Waals surface area contributed by atoms with Crippen LogP contribution >= 0.6 is 7.82 Å². The second-order valence-electron chi connectivity index (χ2n) is 8.63. The van der Waals surface area contributed by atoms with Crippen LogP contribution in [0.1, 0.15) is 116 Å². The molecule has 0 bridgehead atoms. The summed E-state index contributed by atoms with van der Waals surface area (Å²) in [6, 6.07) is 0. The predicted molar refractivity (Wildman–Crippen MR) is 122 cm³/mol. The van der Waals surface area contributed by atoms with Gasteiger partial charge in [-0.1, -0.05) is 96.8 Å². The smallest absolute Gasteiger partial charge is 0.302 e. The number of nitrogens with zero attached hydrogens (tertiary/aromatic N) is 1. The van der Waals surface area contributed by atoms with Crippen molar-refractivity contribution in [2.24, 2.45) is 0 Å². The maximum absolute atomic E-state index is 11.9. The molecule has 0 saturated carbocycles. The lowest BCUT2D eigenvalue weighted by molar-refractivity contribution is 0.123. The van der Waals surface area contributed by atoms with E-state index in [0.29, 0.717) is 13.2 Å². The third-order valence-electron chi connectivity index (χ3n) is 5.86. The highest BCUT2D eigenvalue weighted by Gasteiger charge is 2.21. The molecule has 1 N–H and O–H groups in total. The molecule has 1 aliphatic rings. The van der Waals surface area contributed by atoms with Gasteiger partial charge in [0, 0.05) is 6.54 Å². The topological polar surface area (TPSA) is 59.0 Å². The van der Waals surface area contributed by atoms with Crippen molar-refractivity contribution in [2.75, 3.05) is 32.8 Å². The number of unbranched alkanes of at least 4 members (excludes halogenated alkanes) is 13. The first-order valence-electron chi connectivity index (χ1n) is 12.5. The summed E-state index contributed by atoms with van der Waals surface area (Å²) >= 11 is 0. The van der Waals surface area contributed by atoms with Crippen molar-refractivity contribution in [1.82, 2.24) is 4.90 Å².